The van der Waals surface area contributed by atoms with Gasteiger partial charge in [-0.2, -0.15) is 0 Å². The van der Waals surface area contributed by atoms with E-state index in [4.69, 9.17) is 4.74 Å². The molecule has 0 N–H and O–H groups in total. The number of aromatic nitrogens is 1. The maximum absolute atomic E-state index is 13.3. The van der Waals surface area contributed by atoms with Crippen LogP contribution >= 0.6 is 0 Å². The quantitative estimate of drug-likeness (QED) is 0.857. The lowest BCUT2D eigenvalue weighted by molar-refractivity contribution is 0.193. The van der Waals surface area contributed by atoms with E-state index in [1.807, 2.05) is 6.92 Å². The van der Waals surface area contributed by atoms with Gasteiger partial charge in [0.2, 0.25) is 0 Å². The predicted molar refractivity (Wildman–Crippen MR) is 79.0 cm³/mol. The fraction of sp³-hybridized carbons (Fsp3) is 0.688. The van der Waals surface area contributed by atoms with Gasteiger partial charge in [0.05, 0.1) is 19.5 Å². The Kier molecular flexibility index (Phi) is 6.06. The Bertz CT molecular complexity index is 450. The second-order valence-corrected chi connectivity index (χ2v) is 5.67. The summed E-state index contributed by atoms with van der Waals surface area (Å²) in [4.78, 5) is 6.86. The van der Waals surface area contributed by atoms with E-state index in [0.29, 0.717) is 26.1 Å². The minimum atomic E-state index is -0.664. The van der Waals surface area contributed by atoms with Crippen molar-refractivity contribution in [1.29, 1.82) is 0 Å². The molecule has 2 fully saturated rings. The summed E-state index contributed by atoms with van der Waals surface area (Å²) in [5.41, 5.74) is 3.45. The van der Waals surface area contributed by atoms with Gasteiger partial charge >= 0.3 is 0 Å². The lowest BCUT2D eigenvalue weighted by Crippen LogP contribution is -2.22. The van der Waals surface area contributed by atoms with E-state index in [0.717, 1.165) is 44.1 Å². The molecular formula is C16H24F2N2O. The first-order chi connectivity index (χ1) is 10.2. The standard InChI is InChI=1S/C15H21FN2O.CH3F/c1-11-2-3-14(12-5-7-19-10-12)15(17-11)9-18-6-4-13(16)8-18;1-2/h2-3,12-13H,4-10H2,1H3;1H3. The van der Waals surface area contributed by atoms with Crippen LogP contribution in [0.15, 0.2) is 12.1 Å². The van der Waals surface area contributed by atoms with Gasteiger partial charge in [-0.25, -0.2) is 4.39 Å². The third kappa shape index (κ3) is 4.20. The zero-order valence-corrected chi connectivity index (χ0v) is 12.8. The van der Waals surface area contributed by atoms with Crippen LogP contribution in [0.4, 0.5) is 8.78 Å². The molecule has 2 aliphatic rings. The number of rotatable bonds is 3. The Balaban J connectivity index is 0.000000774. The summed E-state index contributed by atoms with van der Waals surface area (Å²) in [6, 6.07) is 4.25. The number of aryl methyl sites for hydroxylation is 1. The molecule has 0 bridgehead atoms. The van der Waals surface area contributed by atoms with Gasteiger partial charge in [0.15, 0.2) is 0 Å². The van der Waals surface area contributed by atoms with Crippen LogP contribution in [-0.2, 0) is 11.3 Å². The molecule has 2 saturated heterocycles. The summed E-state index contributed by atoms with van der Waals surface area (Å²) in [5.74, 6) is 0.465. The van der Waals surface area contributed by atoms with E-state index in [9.17, 15) is 8.78 Å². The second-order valence-electron chi connectivity index (χ2n) is 5.67. The molecule has 21 heavy (non-hydrogen) atoms. The average molecular weight is 298 g/mol. The average Bonchev–Trinajstić information content (AvgIpc) is 3.13. The Hall–Kier alpha value is -1.07. The lowest BCUT2D eigenvalue weighted by Gasteiger charge is -2.19. The molecule has 0 saturated carbocycles. The summed E-state index contributed by atoms with van der Waals surface area (Å²) in [6.45, 7) is 5.82. The second kappa shape index (κ2) is 7.80. The normalized spacial score (nSPS) is 25.7. The van der Waals surface area contributed by atoms with E-state index in [1.165, 1.54) is 5.56 Å². The summed E-state index contributed by atoms with van der Waals surface area (Å²) >= 11 is 0. The van der Waals surface area contributed by atoms with Crippen molar-refractivity contribution < 1.29 is 13.5 Å². The molecule has 1 aromatic rings. The zero-order valence-electron chi connectivity index (χ0n) is 12.8. The third-order valence-electron chi connectivity index (χ3n) is 4.11. The predicted octanol–water partition coefficient (Wildman–Crippen LogP) is 3.02. The monoisotopic (exact) mass is 298 g/mol. The molecule has 118 valence electrons. The van der Waals surface area contributed by atoms with Crippen LogP contribution in [0.5, 0.6) is 0 Å². The van der Waals surface area contributed by atoms with Crippen molar-refractivity contribution in [1.82, 2.24) is 9.88 Å². The summed E-state index contributed by atoms with van der Waals surface area (Å²) in [6.07, 6.45) is 1.07. The van der Waals surface area contributed by atoms with E-state index < -0.39 is 6.17 Å². The number of alkyl halides is 2. The van der Waals surface area contributed by atoms with Gasteiger partial charge in [-0.15, -0.1) is 0 Å². The summed E-state index contributed by atoms with van der Waals surface area (Å²) < 4.78 is 28.3. The van der Waals surface area contributed by atoms with Crippen LogP contribution in [0.1, 0.15) is 35.7 Å². The Morgan fingerprint density at radius 3 is 2.76 bits per heavy atom. The van der Waals surface area contributed by atoms with Crippen LogP contribution in [0, 0.1) is 6.92 Å². The van der Waals surface area contributed by atoms with Crippen molar-refractivity contribution in [2.75, 3.05) is 33.5 Å². The number of ether oxygens (including phenoxy) is 1. The Morgan fingerprint density at radius 2 is 2.14 bits per heavy atom. The highest BCUT2D eigenvalue weighted by molar-refractivity contribution is 5.27. The van der Waals surface area contributed by atoms with E-state index in [2.05, 4.69) is 22.0 Å². The maximum atomic E-state index is 13.3. The topological polar surface area (TPSA) is 25.4 Å². The molecule has 2 atom stereocenters. The fourth-order valence-electron chi connectivity index (χ4n) is 3.04. The molecule has 3 rings (SSSR count). The van der Waals surface area contributed by atoms with Crippen LogP contribution < -0.4 is 0 Å². The highest BCUT2D eigenvalue weighted by Gasteiger charge is 2.25. The zero-order chi connectivity index (χ0) is 15.2. The summed E-state index contributed by atoms with van der Waals surface area (Å²) in [7, 11) is 0.500. The van der Waals surface area contributed by atoms with Crippen molar-refractivity contribution in [3.63, 3.8) is 0 Å². The van der Waals surface area contributed by atoms with Gasteiger partial charge in [-0.1, -0.05) is 6.07 Å². The molecule has 0 aliphatic carbocycles. The van der Waals surface area contributed by atoms with Crippen LogP contribution in [0.2, 0.25) is 0 Å². The van der Waals surface area contributed by atoms with Crippen molar-refractivity contribution in [2.45, 2.75) is 38.4 Å². The van der Waals surface area contributed by atoms with Crippen LogP contribution in [0.25, 0.3) is 0 Å². The fourth-order valence-corrected chi connectivity index (χ4v) is 3.04. The summed E-state index contributed by atoms with van der Waals surface area (Å²) in [5, 5.41) is 0. The minimum absolute atomic E-state index is 0.465. The maximum Gasteiger partial charge on any atom is 0.114 e. The smallest absolute Gasteiger partial charge is 0.114 e. The van der Waals surface area contributed by atoms with E-state index in [1.54, 1.807) is 0 Å². The van der Waals surface area contributed by atoms with Gasteiger partial charge in [0.1, 0.15) is 6.17 Å². The Morgan fingerprint density at radius 1 is 1.33 bits per heavy atom. The van der Waals surface area contributed by atoms with Gasteiger partial charge < -0.3 is 4.74 Å². The van der Waals surface area contributed by atoms with Crippen molar-refractivity contribution in [3.05, 3.63) is 29.1 Å². The van der Waals surface area contributed by atoms with E-state index >= 15 is 0 Å². The van der Waals surface area contributed by atoms with Gasteiger partial charge in [0, 0.05) is 37.9 Å². The largest absolute Gasteiger partial charge is 0.381 e. The molecule has 0 spiro atoms. The molecule has 0 radical (unpaired) electrons. The molecule has 0 aromatic carbocycles. The van der Waals surface area contributed by atoms with E-state index in [-0.39, 0.29) is 0 Å². The number of hydrogen-bond donors (Lipinski definition) is 0. The first-order valence-electron chi connectivity index (χ1n) is 7.51. The number of likely N-dealkylation sites (tertiary alicyclic amines) is 1. The molecule has 3 heterocycles. The molecular weight excluding hydrogens is 274 g/mol. The van der Waals surface area contributed by atoms with Crippen LogP contribution in [-0.4, -0.2) is 49.5 Å². The molecule has 2 aliphatic heterocycles. The van der Waals surface area contributed by atoms with Gasteiger partial charge in [-0.3, -0.25) is 14.3 Å². The number of halogens is 2. The highest BCUT2D eigenvalue weighted by Crippen LogP contribution is 2.28. The molecule has 5 heteroatoms. The van der Waals surface area contributed by atoms with Gasteiger partial charge in [-0.05, 0) is 31.4 Å². The third-order valence-corrected chi connectivity index (χ3v) is 4.11. The first kappa shape index (κ1) is 16.3. The molecule has 1 aromatic heterocycles. The molecule has 0 amide bonds. The molecule has 3 nitrogen and oxygen atoms in total. The number of hydrogen-bond acceptors (Lipinski definition) is 3. The number of nitrogens with zero attached hydrogens (tertiary/aromatic N) is 2. The van der Waals surface area contributed by atoms with Crippen LogP contribution in [0.3, 0.4) is 0 Å². The number of pyridine rings is 1. The highest BCUT2D eigenvalue weighted by atomic mass is 19.1. The van der Waals surface area contributed by atoms with Crippen molar-refractivity contribution in [2.24, 2.45) is 0 Å². The first-order valence-corrected chi connectivity index (χ1v) is 7.51. The van der Waals surface area contributed by atoms with Gasteiger partial charge in [0.25, 0.3) is 0 Å². The lowest BCUT2D eigenvalue weighted by atomic mass is 9.96. The Labute approximate surface area is 125 Å². The van der Waals surface area contributed by atoms with Crippen molar-refractivity contribution >= 4 is 0 Å². The van der Waals surface area contributed by atoms with Crippen molar-refractivity contribution in [3.8, 4) is 0 Å². The molecule has 2 unspecified atom stereocenters. The minimum Gasteiger partial charge on any atom is -0.381 e. The SMILES string of the molecule is CF.Cc1ccc(C2CCOC2)c(CN2CCC(F)C2)n1.